The maximum atomic E-state index is 5.90. The first-order chi connectivity index (χ1) is 9.28. The lowest BCUT2D eigenvalue weighted by atomic mass is 10.3. The third-order valence-corrected chi connectivity index (χ3v) is 4.62. The van der Waals surface area contributed by atoms with Crippen LogP contribution in [0.25, 0.3) is 11.0 Å². The van der Waals surface area contributed by atoms with Gasteiger partial charge in [0.25, 0.3) is 0 Å². The van der Waals surface area contributed by atoms with Crippen LogP contribution in [0.3, 0.4) is 0 Å². The number of aryl methyl sites for hydroxylation is 1. The maximum absolute atomic E-state index is 5.90. The van der Waals surface area contributed by atoms with Gasteiger partial charge in [-0.3, -0.25) is 0 Å². The van der Waals surface area contributed by atoms with Crippen LogP contribution >= 0.6 is 45.5 Å². The number of hydrogen-bond acceptors (Lipinski definition) is 2. The fourth-order valence-corrected chi connectivity index (χ4v) is 3.47. The maximum Gasteiger partial charge on any atom is 0.111 e. The Morgan fingerprint density at radius 2 is 2.21 bits per heavy atom. The number of benzene rings is 1. The highest BCUT2D eigenvalue weighted by Crippen LogP contribution is 2.21. The number of thiophene rings is 1. The Morgan fingerprint density at radius 1 is 1.32 bits per heavy atom. The van der Waals surface area contributed by atoms with Crippen molar-refractivity contribution in [2.24, 2.45) is 0 Å². The molecule has 0 saturated carbocycles. The van der Waals surface area contributed by atoms with Crippen molar-refractivity contribution in [2.45, 2.75) is 13.0 Å². The van der Waals surface area contributed by atoms with Crippen LogP contribution < -0.4 is 0 Å². The van der Waals surface area contributed by atoms with Gasteiger partial charge in [0.2, 0.25) is 0 Å². The molecule has 0 amide bonds. The van der Waals surface area contributed by atoms with Gasteiger partial charge in [0.15, 0.2) is 0 Å². The first-order valence-electron chi connectivity index (χ1n) is 5.99. The molecule has 98 valence electrons. The summed E-state index contributed by atoms with van der Waals surface area (Å²) in [6.07, 6.45) is 0.803. The van der Waals surface area contributed by atoms with Gasteiger partial charge in [0.05, 0.1) is 17.6 Å². The summed E-state index contributed by atoms with van der Waals surface area (Å²) in [5.74, 6) is 1.67. The number of aromatic nitrogens is 2. The van der Waals surface area contributed by atoms with E-state index in [9.17, 15) is 0 Å². The van der Waals surface area contributed by atoms with Crippen LogP contribution in [0.1, 0.15) is 11.4 Å². The predicted octanol–water partition coefficient (Wildman–Crippen LogP) is 4.53. The normalized spacial score (nSPS) is 11.3. The Balaban J connectivity index is 2.10. The summed E-state index contributed by atoms with van der Waals surface area (Å²) >= 11 is 9.94. The van der Waals surface area contributed by atoms with Gasteiger partial charge in [-0.15, -0.1) is 11.6 Å². The zero-order valence-corrected chi connectivity index (χ0v) is 13.9. The zero-order chi connectivity index (χ0) is 13.2. The van der Waals surface area contributed by atoms with Crippen LogP contribution in [0.5, 0.6) is 0 Å². The molecule has 0 aliphatic carbocycles. The van der Waals surface area contributed by atoms with Crippen molar-refractivity contribution in [3.8, 4) is 0 Å². The molecule has 2 aromatic heterocycles. The summed E-state index contributed by atoms with van der Waals surface area (Å²) in [6.45, 7) is 0.868. The SMILES string of the molecule is ClCCc1nc2cc(I)ccc2n1Cc1ccsc1. The molecule has 2 heterocycles. The number of alkyl halides is 1. The van der Waals surface area contributed by atoms with Crippen LogP contribution in [0, 0.1) is 3.57 Å². The molecule has 0 spiro atoms. The van der Waals surface area contributed by atoms with Crippen LogP contribution in [-0.4, -0.2) is 15.4 Å². The molecule has 3 rings (SSSR count). The van der Waals surface area contributed by atoms with E-state index in [1.165, 1.54) is 14.7 Å². The van der Waals surface area contributed by atoms with Gasteiger partial charge >= 0.3 is 0 Å². The first kappa shape index (κ1) is 13.4. The van der Waals surface area contributed by atoms with Crippen molar-refractivity contribution in [1.29, 1.82) is 0 Å². The van der Waals surface area contributed by atoms with Gasteiger partial charge in [-0.1, -0.05) is 0 Å². The van der Waals surface area contributed by atoms with Gasteiger partial charge in [0, 0.05) is 15.9 Å². The molecule has 3 aromatic rings. The van der Waals surface area contributed by atoms with Crippen molar-refractivity contribution in [3.63, 3.8) is 0 Å². The average molecular weight is 403 g/mol. The Morgan fingerprint density at radius 3 is 2.95 bits per heavy atom. The Bertz CT molecular complexity index is 691. The van der Waals surface area contributed by atoms with E-state index in [-0.39, 0.29) is 0 Å². The monoisotopic (exact) mass is 402 g/mol. The fraction of sp³-hybridized carbons (Fsp3) is 0.214. The molecule has 0 saturated heterocycles. The second-order valence-corrected chi connectivity index (χ2v) is 6.72. The summed E-state index contributed by atoms with van der Waals surface area (Å²) < 4.78 is 3.48. The van der Waals surface area contributed by atoms with Crippen LogP contribution in [-0.2, 0) is 13.0 Å². The van der Waals surface area contributed by atoms with E-state index in [1.54, 1.807) is 11.3 Å². The topological polar surface area (TPSA) is 17.8 Å². The summed E-state index contributed by atoms with van der Waals surface area (Å²) in [5.41, 5.74) is 3.56. The van der Waals surface area contributed by atoms with Crippen molar-refractivity contribution in [3.05, 3.63) is 50.0 Å². The molecule has 0 unspecified atom stereocenters. The van der Waals surface area contributed by atoms with E-state index >= 15 is 0 Å². The molecule has 1 aromatic carbocycles. The van der Waals surface area contributed by atoms with E-state index in [2.05, 4.69) is 62.2 Å². The molecule has 5 heteroatoms. The van der Waals surface area contributed by atoms with Gasteiger partial charge in [-0.05, 0) is 63.2 Å². The Labute approximate surface area is 134 Å². The van der Waals surface area contributed by atoms with E-state index in [4.69, 9.17) is 16.6 Å². The largest absolute Gasteiger partial charge is 0.323 e. The molecule has 0 aliphatic heterocycles. The molecular formula is C14H12ClIN2S. The number of hydrogen-bond donors (Lipinski definition) is 0. The van der Waals surface area contributed by atoms with Gasteiger partial charge in [-0.2, -0.15) is 11.3 Å². The summed E-state index contributed by atoms with van der Waals surface area (Å²) in [4.78, 5) is 4.72. The lowest BCUT2D eigenvalue weighted by Gasteiger charge is -2.07. The number of imidazole rings is 1. The highest BCUT2D eigenvalue weighted by molar-refractivity contribution is 14.1. The van der Waals surface area contributed by atoms with Crippen molar-refractivity contribution < 1.29 is 0 Å². The second-order valence-electron chi connectivity index (χ2n) is 4.32. The highest BCUT2D eigenvalue weighted by atomic mass is 127. The molecule has 19 heavy (non-hydrogen) atoms. The van der Waals surface area contributed by atoms with Crippen LogP contribution in [0.2, 0.25) is 0 Å². The number of nitrogens with zero attached hydrogens (tertiary/aromatic N) is 2. The molecule has 0 N–H and O–H groups in total. The Hall–Kier alpha value is -0.590. The first-order valence-corrected chi connectivity index (χ1v) is 8.55. The molecule has 0 bridgehead atoms. The number of rotatable bonds is 4. The second kappa shape index (κ2) is 5.81. The highest BCUT2D eigenvalue weighted by Gasteiger charge is 2.11. The summed E-state index contributed by atoms with van der Waals surface area (Å²) in [5, 5.41) is 4.29. The van der Waals surface area contributed by atoms with Crippen molar-refractivity contribution in [2.75, 3.05) is 5.88 Å². The smallest absolute Gasteiger partial charge is 0.111 e. The summed E-state index contributed by atoms with van der Waals surface area (Å²) in [6, 6.07) is 8.55. The predicted molar refractivity (Wildman–Crippen MR) is 90.3 cm³/mol. The Kier molecular flexibility index (Phi) is 4.10. The van der Waals surface area contributed by atoms with Crippen LogP contribution in [0.15, 0.2) is 35.0 Å². The third-order valence-electron chi connectivity index (χ3n) is 3.03. The fourth-order valence-electron chi connectivity index (χ4n) is 2.17. The molecule has 0 fully saturated rings. The summed E-state index contributed by atoms with van der Waals surface area (Å²) in [7, 11) is 0. The van der Waals surface area contributed by atoms with Gasteiger partial charge in [-0.25, -0.2) is 4.98 Å². The minimum absolute atomic E-state index is 0.601. The van der Waals surface area contributed by atoms with E-state index in [0.29, 0.717) is 5.88 Å². The quantitative estimate of drug-likeness (QED) is 0.463. The van der Waals surface area contributed by atoms with Crippen molar-refractivity contribution >= 4 is 56.6 Å². The lowest BCUT2D eigenvalue weighted by molar-refractivity contribution is 0.756. The zero-order valence-electron chi connectivity index (χ0n) is 10.1. The van der Waals surface area contributed by atoms with E-state index in [1.807, 2.05) is 0 Å². The third kappa shape index (κ3) is 2.80. The lowest BCUT2D eigenvalue weighted by Crippen LogP contribution is -2.05. The molecule has 0 aliphatic rings. The van der Waals surface area contributed by atoms with Crippen molar-refractivity contribution in [1.82, 2.24) is 9.55 Å². The average Bonchev–Trinajstić information content (AvgIpc) is 2.99. The van der Waals surface area contributed by atoms with Gasteiger partial charge in [0.1, 0.15) is 5.82 Å². The van der Waals surface area contributed by atoms with E-state index < -0.39 is 0 Å². The molecule has 2 nitrogen and oxygen atoms in total. The van der Waals surface area contributed by atoms with Gasteiger partial charge < -0.3 is 4.57 Å². The van der Waals surface area contributed by atoms with E-state index in [0.717, 1.165) is 24.3 Å². The minimum Gasteiger partial charge on any atom is -0.323 e. The number of halogens is 2. The molecule has 0 radical (unpaired) electrons. The minimum atomic E-state index is 0.601. The van der Waals surface area contributed by atoms with Crippen LogP contribution in [0.4, 0.5) is 0 Å². The molecule has 0 atom stereocenters. The standard InChI is InChI=1S/C14H12ClIN2S/c15-5-3-14-17-12-7-11(16)1-2-13(12)18(14)8-10-4-6-19-9-10/h1-2,4,6-7,9H,3,5,8H2. The molecular weight excluding hydrogens is 391 g/mol. The number of fused-ring (bicyclic) bond motifs is 1.